The lowest BCUT2D eigenvalue weighted by Gasteiger charge is -2.06. The second kappa shape index (κ2) is 6.06. The quantitative estimate of drug-likeness (QED) is 0.584. The molecule has 0 fully saturated rings. The number of thioether (sulfide) groups is 1. The molecule has 2 aromatic rings. The van der Waals surface area contributed by atoms with Crippen LogP contribution in [0, 0.1) is 3.57 Å². The number of hydrogen-bond donors (Lipinski definition) is 2. The normalized spacial score (nSPS) is 12.5. The molecule has 100 valence electrons. The Morgan fingerprint density at radius 3 is 2.79 bits per heavy atom. The Hall–Kier alpha value is -0.870. The Balaban J connectivity index is 2.23. The largest absolute Gasteiger partial charge is 0.481 e. The number of carboxylic acids is 2. The van der Waals surface area contributed by atoms with Crippen molar-refractivity contribution < 1.29 is 19.8 Å². The lowest BCUT2D eigenvalue weighted by molar-refractivity contribution is -0.142. The maximum atomic E-state index is 11.0. The molecule has 5 nitrogen and oxygen atoms in total. The van der Waals surface area contributed by atoms with Crippen molar-refractivity contribution in [1.82, 2.24) is 4.98 Å². The van der Waals surface area contributed by atoms with E-state index in [1.807, 2.05) is 18.2 Å². The zero-order chi connectivity index (χ0) is 14.0. The lowest BCUT2D eigenvalue weighted by Crippen LogP contribution is -2.20. The molecule has 0 bridgehead atoms. The van der Waals surface area contributed by atoms with Gasteiger partial charge in [0.2, 0.25) is 0 Å². The second-order valence-electron chi connectivity index (χ2n) is 3.63. The fourth-order valence-corrected chi connectivity index (χ4v) is 4.07. The maximum Gasteiger partial charge on any atom is 0.317 e. The number of rotatable bonds is 5. The van der Waals surface area contributed by atoms with Crippen molar-refractivity contribution >= 4 is 67.8 Å². The first kappa shape index (κ1) is 14.5. The summed E-state index contributed by atoms with van der Waals surface area (Å²) in [6, 6.07) is 5.77. The van der Waals surface area contributed by atoms with Gasteiger partial charge in [-0.05, 0) is 40.8 Å². The van der Waals surface area contributed by atoms with E-state index in [0.717, 1.165) is 25.5 Å². The molecule has 1 atom stereocenters. The number of benzene rings is 1. The Morgan fingerprint density at radius 2 is 2.16 bits per heavy atom. The van der Waals surface area contributed by atoms with Crippen LogP contribution in [0.4, 0.5) is 0 Å². The molecule has 1 aromatic carbocycles. The van der Waals surface area contributed by atoms with E-state index in [2.05, 4.69) is 27.6 Å². The van der Waals surface area contributed by atoms with E-state index in [-0.39, 0.29) is 0 Å². The number of carboxylic acid groups (broad SMARTS) is 2. The molecule has 0 radical (unpaired) electrons. The lowest BCUT2D eigenvalue weighted by atomic mass is 10.3. The van der Waals surface area contributed by atoms with Gasteiger partial charge in [-0.15, -0.1) is 11.3 Å². The molecule has 0 aliphatic rings. The predicted molar refractivity (Wildman–Crippen MR) is 81.9 cm³/mol. The molecule has 0 aliphatic carbocycles. The van der Waals surface area contributed by atoms with Crippen LogP contribution in [0.2, 0.25) is 0 Å². The monoisotopic (exact) mass is 409 g/mol. The first-order valence-electron chi connectivity index (χ1n) is 5.13. The van der Waals surface area contributed by atoms with Gasteiger partial charge in [-0.2, -0.15) is 0 Å². The van der Waals surface area contributed by atoms with Crippen LogP contribution in [0.25, 0.3) is 10.2 Å². The SMILES string of the molecule is O=C(O)CC(Sc1nc2cc(I)ccc2s1)C(=O)O. The Kier molecular flexibility index (Phi) is 4.63. The van der Waals surface area contributed by atoms with Gasteiger partial charge >= 0.3 is 11.9 Å². The summed E-state index contributed by atoms with van der Waals surface area (Å²) in [4.78, 5) is 26.0. The van der Waals surface area contributed by atoms with E-state index < -0.39 is 23.6 Å². The third-order valence-electron chi connectivity index (χ3n) is 2.21. The van der Waals surface area contributed by atoms with E-state index in [1.54, 1.807) is 0 Å². The molecular weight excluding hydrogens is 401 g/mol. The molecule has 1 heterocycles. The Bertz CT molecular complexity index is 643. The average Bonchev–Trinajstić information content (AvgIpc) is 2.68. The van der Waals surface area contributed by atoms with Gasteiger partial charge in [0.15, 0.2) is 4.34 Å². The van der Waals surface area contributed by atoms with Crippen LogP contribution in [0.5, 0.6) is 0 Å². The molecule has 2 N–H and O–H groups in total. The summed E-state index contributed by atoms with van der Waals surface area (Å²) in [6.45, 7) is 0. The van der Waals surface area contributed by atoms with Gasteiger partial charge in [0.25, 0.3) is 0 Å². The number of halogens is 1. The smallest absolute Gasteiger partial charge is 0.317 e. The average molecular weight is 409 g/mol. The van der Waals surface area contributed by atoms with Crippen molar-refractivity contribution in [2.75, 3.05) is 0 Å². The highest BCUT2D eigenvalue weighted by molar-refractivity contribution is 14.1. The van der Waals surface area contributed by atoms with Gasteiger partial charge in [0, 0.05) is 3.57 Å². The minimum absolute atomic E-state index is 0.423. The topological polar surface area (TPSA) is 87.5 Å². The van der Waals surface area contributed by atoms with Crippen molar-refractivity contribution in [3.05, 3.63) is 21.8 Å². The summed E-state index contributed by atoms with van der Waals surface area (Å²) in [5, 5.41) is 16.7. The molecule has 1 unspecified atom stereocenters. The third-order valence-corrected chi connectivity index (χ3v) is 5.19. The first-order valence-corrected chi connectivity index (χ1v) is 7.90. The number of nitrogens with zero attached hydrogens (tertiary/aromatic N) is 1. The van der Waals surface area contributed by atoms with Gasteiger partial charge in [0.1, 0.15) is 5.25 Å². The zero-order valence-corrected chi connectivity index (χ0v) is 13.2. The molecule has 19 heavy (non-hydrogen) atoms. The molecule has 8 heteroatoms. The van der Waals surface area contributed by atoms with Crippen molar-refractivity contribution in [3.63, 3.8) is 0 Å². The highest BCUT2D eigenvalue weighted by Gasteiger charge is 2.23. The number of thiazole rings is 1. The minimum Gasteiger partial charge on any atom is -0.481 e. The van der Waals surface area contributed by atoms with Crippen molar-refractivity contribution in [1.29, 1.82) is 0 Å². The van der Waals surface area contributed by atoms with Crippen molar-refractivity contribution in [2.45, 2.75) is 16.0 Å². The summed E-state index contributed by atoms with van der Waals surface area (Å²) in [7, 11) is 0. The second-order valence-corrected chi connectivity index (χ2v) is 7.36. The van der Waals surface area contributed by atoms with Gasteiger partial charge in [-0.3, -0.25) is 9.59 Å². The minimum atomic E-state index is -1.14. The van der Waals surface area contributed by atoms with Gasteiger partial charge in [-0.1, -0.05) is 11.8 Å². The molecule has 0 amide bonds. The van der Waals surface area contributed by atoms with E-state index in [4.69, 9.17) is 10.2 Å². The Morgan fingerprint density at radius 1 is 1.42 bits per heavy atom. The molecule has 2 rings (SSSR count). The number of aliphatic carboxylic acids is 2. The summed E-state index contributed by atoms with van der Waals surface area (Å²) in [5.74, 6) is -2.27. The van der Waals surface area contributed by atoms with Crippen LogP contribution in [0.15, 0.2) is 22.5 Å². The van der Waals surface area contributed by atoms with Gasteiger partial charge in [-0.25, -0.2) is 4.98 Å². The van der Waals surface area contributed by atoms with Gasteiger partial charge < -0.3 is 10.2 Å². The zero-order valence-electron chi connectivity index (χ0n) is 9.37. The molecule has 1 aromatic heterocycles. The summed E-state index contributed by atoms with van der Waals surface area (Å²) in [6.07, 6.45) is -0.423. The van der Waals surface area contributed by atoms with Crippen molar-refractivity contribution in [2.24, 2.45) is 0 Å². The third kappa shape index (κ3) is 3.80. The first-order chi connectivity index (χ1) is 8.95. The summed E-state index contributed by atoms with van der Waals surface area (Å²) < 4.78 is 2.58. The Labute approximate surface area is 130 Å². The number of hydrogen-bond acceptors (Lipinski definition) is 5. The molecular formula is C11H8INO4S2. The van der Waals surface area contributed by atoms with Crippen LogP contribution in [-0.2, 0) is 9.59 Å². The fraction of sp³-hybridized carbons (Fsp3) is 0.182. The molecule has 0 saturated heterocycles. The van der Waals surface area contributed by atoms with E-state index in [0.29, 0.717) is 4.34 Å². The maximum absolute atomic E-state index is 11.0. The highest BCUT2D eigenvalue weighted by Crippen LogP contribution is 2.33. The molecule has 0 saturated carbocycles. The summed E-state index contributed by atoms with van der Waals surface area (Å²) >= 11 is 4.53. The van der Waals surface area contributed by atoms with Crippen LogP contribution in [-0.4, -0.2) is 32.4 Å². The van der Waals surface area contributed by atoms with Crippen molar-refractivity contribution in [3.8, 4) is 0 Å². The molecule has 0 aliphatic heterocycles. The number of fused-ring (bicyclic) bond motifs is 1. The van der Waals surface area contributed by atoms with E-state index in [9.17, 15) is 9.59 Å². The predicted octanol–water partition coefficient (Wildman–Crippen LogP) is 2.92. The molecule has 0 spiro atoms. The standard InChI is InChI=1S/C11H8INO4S2/c12-5-1-2-7-6(3-5)13-11(18-7)19-8(10(16)17)4-9(14)15/h1-3,8H,4H2,(H,14,15)(H,16,17). The number of carbonyl (C=O) groups is 2. The van der Waals surface area contributed by atoms with E-state index >= 15 is 0 Å². The number of aromatic nitrogens is 1. The van der Waals surface area contributed by atoms with E-state index in [1.165, 1.54) is 11.3 Å². The van der Waals surface area contributed by atoms with Crippen LogP contribution in [0.3, 0.4) is 0 Å². The summed E-state index contributed by atoms with van der Waals surface area (Å²) in [5.41, 5.74) is 0.805. The fourth-order valence-electron chi connectivity index (χ4n) is 1.39. The van der Waals surface area contributed by atoms with Crippen LogP contribution in [0.1, 0.15) is 6.42 Å². The van der Waals surface area contributed by atoms with Gasteiger partial charge in [0.05, 0.1) is 16.6 Å². The van der Waals surface area contributed by atoms with Crippen LogP contribution >= 0.6 is 45.7 Å². The van der Waals surface area contributed by atoms with Crippen LogP contribution < -0.4 is 0 Å². The highest BCUT2D eigenvalue weighted by atomic mass is 127.